The number of carbonyl (C=O) groups excluding carboxylic acids is 2. The summed E-state index contributed by atoms with van der Waals surface area (Å²) in [5.74, 6) is -0.142. The van der Waals surface area contributed by atoms with Crippen LogP contribution in [0.4, 0.5) is 16.2 Å². The molecule has 0 bridgehead atoms. The molecule has 1 saturated heterocycles. The summed E-state index contributed by atoms with van der Waals surface area (Å²) in [7, 11) is 0. The number of para-hydroxylation sites is 2. The fourth-order valence-corrected chi connectivity index (χ4v) is 2.75. The third-order valence-electron chi connectivity index (χ3n) is 3.88. The molecule has 0 radical (unpaired) electrons. The first-order valence-corrected chi connectivity index (χ1v) is 7.72. The predicted molar refractivity (Wildman–Crippen MR) is 90.3 cm³/mol. The van der Waals surface area contributed by atoms with Crippen molar-refractivity contribution in [3.63, 3.8) is 0 Å². The largest absolute Gasteiger partial charge is 0.324 e. The smallest absolute Gasteiger partial charge is 0.322 e. The van der Waals surface area contributed by atoms with Crippen LogP contribution in [0.1, 0.15) is 12.8 Å². The highest BCUT2D eigenvalue weighted by molar-refractivity contribution is 5.99. The minimum atomic E-state index is -0.432. The lowest BCUT2D eigenvalue weighted by Gasteiger charge is -2.24. The molecule has 1 atom stereocenters. The summed E-state index contributed by atoms with van der Waals surface area (Å²) in [4.78, 5) is 26.5. The summed E-state index contributed by atoms with van der Waals surface area (Å²) >= 11 is 0. The summed E-state index contributed by atoms with van der Waals surface area (Å²) in [6.07, 6.45) is 1.51. The first kappa shape index (κ1) is 15.1. The molecule has 0 aliphatic carbocycles. The standard InChI is InChI=1S/C18H19N3O2/c22-17(19-14-8-3-1-4-9-14)16-12-7-13-21(16)18(23)20-15-10-5-2-6-11-15/h1-6,8-11,16H,7,12-13H2,(H,19,22)(H,20,23). The van der Waals surface area contributed by atoms with Crippen molar-refractivity contribution < 1.29 is 9.59 Å². The van der Waals surface area contributed by atoms with E-state index in [1.54, 1.807) is 4.90 Å². The van der Waals surface area contributed by atoms with E-state index < -0.39 is 6.04 Å². The van der Waals surface area contributed by atoms with E-state index in [0.717, 1.165) is 17.8 Å². The number of anilines is 2. The Morgan fingerprint density at radius 3 is 2.04 bits per heavy atom. The quantitative estimate of drug-likeness (QED) is 0.913. The van der Waals surface area contributed by atoms with E-state index in [2.05, 4.69) is 10.6 Å². The summed E-state index contributed by atoms with van der Waals surface area (Å²) < 4.78 is 0. The zero-order valence-corrected chi connectivity index (χ0v) is 12.7. The van der Waals surface area contributed by atoms with Gasteiger partial charge in [0.05, 0.1) is 0 Å². The lowest BCUT2D eigenvalue weighted by molar-refractivity contribution is -0.119. The Morgan fingerprint density at radius 1 is 0.870 bits per heavy atom. The van der Waals surface area contributed by atoms with Gasteiger partial charge in [-0.25, -0.2) is 4.79 Å². The summed E-state index contributed by atoms with van der Waals surface area (Å²) in [6, 6.07) is 17.9. The predicted octanol–water partition coefficient (Wildman–Crippen LogP) is 3.32. The van der Waals surface area contributed by atoms with Crippen molar-refractivity contribution in [1.29, 1.82) is 0 Å². The fourth-order valence-electron chi connectivity index (χ4n) is 2.75. The molecule has 1 aliphatic heterocycles. The average molecular weight is 309 g/mol. The van der Waals surface area contributed by atoms with Crippen molar-refractivity contribution in [2.45, 2.75) is 18.9 Å². The second-order valence-corrected chi connectivity index (χ2v) is 5.50. The van der Waals surface area contributed by atoms with Crippen LogP contribution in [0.5, 0.6) is 0 Å². The molecule has 0 aromatic heterocycles. The van der Waals surface area contributed by atoms with Gasteiger partial charge in [0.2, 0.25) is 5.91 Å². The number of nitrogens with zero attached hydrogens (tertiary/aromatic N) is 1. The number of carbonyl (C=O) groups is 2. The molecule has 2 aromatic carbocycles. The van der Waals surface area contributed by atoms with E-state index in [1.807, 2.05) is 60.7 Å². The number of nitrogens with one attached hydrogen (secondary N) is 2. The van der Waals surface area contributed by atoms with Crippen molar-refractivity contribution in [3.8, 4) is 0 Å². The Labute approximate surface area is 135 Å². The third kappa shape index (κ3) is 3.69. The maximum Gasteiger partial charge on any atom is 0.322 e. The Morgan fingerprint density at radius 2 is 1.43 bits per heavy atom. The first-order chi connectivity index (χ1) is 11.2. The summed E-state index contributed by atoms with van der Waals surface area (Å²) in [5, 5.41) is 5.71. The van der Waals surface area contributed by atoms with Gasteiger partial charge in [-0.05, 0) is 37.1 Å². The molecule has 118 valence electrons. The van der Waals surface area contributed by atoms with E-state index in [-0.39, 0.29) is 11.9 Å². The molecule has 0 saturated carbocycles. The van der Waals surface area contributed by atoms with Crippen LogP contribution in [0.25, 0.3) is 0 Å². The van der Waals surface area contributed by atoms with Gasteiger partial charge in [0.15, 0.2) is 0 Å². The maximum absolute atomic E-state index is 12.4. The number of hydrogen-bond donors (Lipinski definition) is 2. The summed E-state index contributed by atoms with van der Waals surface area (Å²) in [5.41, 5.74) is 1.47. The van der Waals surface area contributed by atoms with E-state index in [1.165, 1.54) is 0 Å². The lowest BCUT2D eigenvalue weighted by atomic mass is 10.2. The molecule has 1 fully saturated rings. The average Bonchev–Trinajstić information content (AvgIpc) is 3.06. The van der Waals surface area contributed by atoms with Crippen molar-refractivity contribution in [2.24, 2.45) is 0 Å². The van der Waals surface area contributed by atoms with Gasteiger partial charge in [-0.1, -0.05) is 36.4 Å². The second kappa shape index (κ2) is 6.96. The zero-order valence-electron chi connectivity index (χ0n) is 12.7. The normalized spacial score (nSPS) is 16.9. The zero-order chi connectivity index (χ0) is 16.1. The number of urea groups is 1. The number of likely N-dealkylation sites (tertiary alicyclic amines) is 1. The van der Waals surface area contributed by atoms with Crippen LogP contribution in [0.15, 0.2) is 60.7 Å². The molecule has 5 nitrogen and oxygen atoms in total. The Bertz CT molecular complexity index is 614. The van der Waals surface area contributed by atoms with Crippen LogP contribution in [-0.2, 0) is 4.79 Å². The topological polar surface area (TPSA) is 61.4 Å². The second-order valence-electron chi connectivity index (χ2n) is 5.50. The Hall–Kier alpha value is -2.82. The monoisotopic (exact) mass is 309 g/mol. The minimum Gasteiger partial charge on any atom is -0.324 e. The molecule has 1 heterocycles. The molecule has 5 heteroatoms. The van der Waals surface area contributed by atoms with E-state index >= 15 is 0 Å². The molecule has 1 aliphatic rings. The highest BCUT2D eigenvalue weighted by atomic mass is 16.2. The van der Waals surface area contributed by atoms with E-state index in [4.69, 9.17) is 0 Å². The van der Waals surface area contributed by atoms with Crippen LogP contribution in [0.3, 0.4) is 0 Å². The van der Waals surface area contributed by atoms with Crippen molar-refractivity contribution in [2.75, 3.05) is 17.2 Å². The van der Waals surface area contributed by atoms with Crippen molar-refractivity contribution >= 4 is 23.3 Å². The molecule has 3 amide bonds. The summed E-state index contributed by atoms with van der Waals surface area (Å²) in [6.45, 7) is 0.589. The molecular weight excluding hydrogens is 290 g/mol. The number of hydrogen-bond acceptors (Lipinski definition) is 2. The lowest BCUT2D eigenvalue weighted by Crippen LogP contribution is -2.45. The first-order valence-electron chi connectivity index (χ1n) is 7.72. The molecular formula is C18H19N3O2. The van der Waals surface area contributed by atoms with Crippen LogP contribution >= 0.6 is 0 Å². The Kier molecular flexibility index (Phi) is 4.57. The van der Waals surface area contributed by atoms with E-state index in [9.17, 15) is 9.59 Å². The molecule has 1 unspecified atom stereocenters. The van der Waals surface area contributed by atoms with Crippen LogP contribution < -0.4 is 10.6 Å². The van der Waals surface area contributed by atoms with Gasteiger partial charge in [0.1, 0.15) is 6.04 Å². The molecule has 2 aromatic rings. The number of benzene rings is 2. The van der Waals surface area contributed by atoms with Gasteiger partial charge in [0, 0.05) is 17.9 Å². The highest BCUT2D eigenvalue weighted by Crippen LogP contribution is 2.20. The van der Waals surface area contributed by atoms with Gasteiger partial charge >= 0.3 is 6.03 Å². The molecule has 0 spiro atoms. The molecule has 3 rings (SSSR count). The minimum absolute atomic E-state index is 0.142. The molecule has 2 N–H and O–H groups in total. The fraction of sp³-hybridized carbons (Fsp3) is 0.222. The van der Waals surface area contributed by atoms with Gasteiger partial charge in [0.25, 0.3) is 0 Å². The van der Waals surface area contributed by atoms with E-state index in [0.29, 0.717) is 13.0 Å². The highest BCUT2D eigenvalue weighted by Gasteiger charge is 2.34. The van der Waals surface area contributed by atoms with Crippen molar-refractivity contribution in [1.82, 2.24) is 4.90 Å². The van der Waals surface area contributed by atoms with Crippen LogP contribution in [0.2, 0.25) is 0 Å². The van der Waals surface area contributed by atoms with Crippen LogP contribution in [0, 0.1) is 0 Å². The number of rotatable bonds is 3. The molecule has 23 heavy (non-hydrogen) atoms. The van der Waals surface area contributed by atoms with Gasteiger partial charge in [-0.2, -0.15) is 0 Å². The van der Waals surface area contributed by atoms with Gasteiger partial charge in [-0.3, -0.25) is 4.79 Å². The van der Waals surface area contributed by atoms with Crippen molar-refractivity contribution in [3.05, 3.63) is 60.7 Å². The Balaban J connectivity index is 1.65. The number of amides is 3. The van der Waals surface area contributed by atoms with Gasteiger partial charge < -0.3 is 15.5 Å². The SMILES string of the molecule is O=C(Nc1ccccc1)C1CCCN1C(=O)Nc1ccccc1. The van der Waals surface area contributed by atoms with Crippen LogP contribution in [-0.4, -0.2) is 29.4 Å². The third-order valence-corrected chi connectivity index (χ3v) is 3.88. The maximum atomic E-state index is 12.4. The van der Waals surface area contributed by atoms with Gasteiger partial charge in [-0.15, -0.1) is 0 Å².